The van der Waals surface area contributed by atoms with Crippen molar-refractivity contribution < 1.29 is 4.74 Å². The summed E-state index contributed by atoms with van der Waals surface area (Å²) in [5, 5.41) is 0.497. The van der Waals surface area contributed by atoms with Crippen LogP contribution in [-0.2, 0) is 6.61 Å². The Labute approximate surface area is 111 Å². The van der Waals surface area contributed by atoms with Gasteiger partial charge in [0.05, 0.1) is 10.7 Å². The molecular weight excluding hydrogens is 248 g/mol. The summed E-state index contributed by atoms with van der Waals surface area (Å²) in [7, 11) is 0. The molecule has 0 unspecified atom stereocenters. The number of anilines is 2. The standard InChI is InChI=1S/C14H15ClN2O/c1-9-6-13(17)11(15)7-14(9)18-8-10-4-2-3-5-12(10)16/h2-7H,8,16-17H2,1H3. The van der Waals surface area contributed by atoms with Crippen LogP contribution in [0, 0.1) is 6.92 Å². The van der Waals surface area contributed by atoms with Gasteiger partial charge >= 0.3 is 0 Å². The smallest absolute Gasteiger partial charge is 0.124 e. The van der Waals surface area contributed by atoms with Gasteiger partial charge in [-0.25, -0.2) is 0 Å². The van der Waals surface area contributed by atoms with Gasteiger partial charge in [-0.1, -0.05) is 29.8 Å². The number of hydrogen-bond donors (Lipinski definition) is 2. The van der Waals surface area contributed by atoms with Crippen LogP contribution in [0.5, 0.6) is 5.75 Å². The Kier molecular flexibility index (Phi) is 3.63. The van der Waals surface area contributed by atoms with Gasteiger partial charge in [0.1, 0.15) is 12.4 Å². The van der Waals surface area contributed by atoms with E-state index >= 15 is 0 Å². The molecule has 2 aromatic carbocycles. The van der Waals surface area contributed by atoms with E-state index in [9.17, 15) is 0 Å². The largest absolute Gasteiger partial charge is 0.488 e. The first-order chi connectivity index (χ1) is 8.58. The van der Waals surface area contributed by atoms with E-state index in [1.54, 1.807) is 12.1 Å². The average Bonchev–Trinajstić information content (AvgIpc) is 2.34. The second-order valence-electron chi connectivity index (χ2n) is 4.13. The summed E-state index contributed by atoms with van der Waals surface area (Å²) in [4.78, 5) is 0. The van der Waals surface area contributed by atoms with Crippen molar-refractivity contribution in [2.24, 2.45) is 0 Å². The van der Waals surface area contributed by atoms with E-state index in [1.807, 2.05) is 31.2 Å². The third-order valence-electron chi connectivity index (χ3n) is 2.73. The monoisotopic (exact) mass is 262 g/mol. The molecule has 0 aromatic heterocycles. The van der Waals surface area contributed by atoms with Gasteiger partial charge in [-0.2, -0.15) is 0 Å². The van der Waals surface area contributed by atoms with Gasteiger partial charge in [0, 0.05) is 17.3 Å². The summed E-state index contributed by atoms with van der Waals surface area (Å²) in [6, 6.07) is 11.1. The minimum absolute atomic E-state index is 0.410. The fraction of sp³-hybridized carbons (Fsp3) is 0.143. The third kappa shape index (κ3) is 2.68. The van der Waals surface area contributed by atoms with Gasteiger partial charge in [-0.15, -0.1) is 0 Å². The summed E-state index contributed by atoms with van der Waals surface area (Å²) in [6.07, 6.45) is 0. The molecule has 0 atom stereocenters. The molecular formula is C14H15ClN2O. The van der Waals surface area contributed by atoms with Crippen LogP contribution in [0.25, 0.3) is 0 Å². The molecule has 4 heteroatoms. The highest BCUT2D eigenvalue weighted by atomic mass is 35.5. The molecule has 0 fully saturated rings. The van der Waals surface area contributed by atoms with Gasteiger partial charge in [-0.05, 0) is 24.6 Å². The Morgan fingerprint density at radius 3 is 2.56 bits per heavy atom. The molecule has 2 aromatic rings. The van der Waals surface area contributed by atoms with Crippen LogP contribution in [0.4, 0.5) is 11.4 Å². The highest BCUT2D eigenvalue weighted by molar-refractivity contribution is 6.33. The molecule has 0 heterocycles. The first kappa shape index (κ1) is 12.6. The predicted octanol–water partition coefficient (Wildman–Crippen LogP) is 3.39. The van der Waals surface area contributed by atoms with Gasteiger partial charge in [0.25, 0.3) is 0 Å². The zero-order valence-electron chi connectivity index (χ0n) is 10.1. The van der Waals surface area contributed by atoms with E-state index in [2.05, 4.69) is 0 Å². The molecule has 0 saturated heterocycles. The summed E-state index contributed by atoms with van der Waals surface area (Å²) in [5.74, 6) is 0.720. The number of halogens is 1. The van der Waals surface area contributed by atoms with E-state index in [0.29, 0.717) is 17.3 Å². The van der Waals surface area contributed by atoms with E-state index in [4.69, 9.17) is 27.8 Å². The molecule has 2 rings (SSSR count). The molecule has 0 saturated carbocycles. The Hall–Kier alpha value is -1.87. The molecule has 18 heavy (non-hydrogen) atoms. The SMILES string of the molecule is Cc1cc(N)c(Cl)cc1OCc1ccccc1N. The topological polar surface area (TPSA) is 61.3 Å². The number of ether oxygens (including phenoxy) is 1. The molecule has 0 amide bonds. The molecule has 0 aliphatic heterocycles. The predicted molar refractivity (Wildman–Crippen MR) is 75.8 cm³/mol. The zero-order chi connectivity index (χ0) is 13.1. The molecule has 3 nitrogen and oxygen atoms in total. The van der Waals surface area contributed by atoms with E-state index < -0.39 is 0 Å². The molecule has 0 bridgehead atoms. The number of benzene rings is 2. The zero-order valence-corrected chi connectivity index (χ0v) is 10.9. The van der Waals surface area contributed by atoms with Crippen LogP contribution >= 0.6 is 11.6 Å². The van der Waals surface area contributed by atoms with Crippen molar-refractivity contribution in [3.05, 3.63) is 52.5 Å². The van der Waals surface area contributed by atoms with Crippen LogP contribution in [0.15, 0.2) is 36.4 Å². The molecule has 0 aliphatic carbocycles. The van der Waals surface area contributed by atoms with Crippen molar-refractivity contribution in [3.8, 4) is 5.75 Å². The summed E-state index contributed by atoms with van der Waals surface area (Å²) in [5.41, 5.74) is 14.7. The number of hydrogen-bond acceptors (Lipinski definition) is 3. The van der Waals surface area contributed by atoms with Crippen molar-refractivity contribution in [1.29, 1.82) is 0 Å². The maximum Gasteiger partial charge on any atom is 0.124 e. The lowest BCUT2D eigenvalue weighted by molar-refractivity contribution is 0.305. The number of aryl methyl sites for hydroxylation is 1. The lowest BCUT2D eigenvalue weighted by Crippen LogP contribution is -2.01. The van der Waals surface area contributed by atoms with Crippen molar-refractivity contribution in [3.63, 3.8) is 0 Å². The average molecular weight is 263 g/mol. The first-order valence-electron chi connectivity index (χ1n) is 5.59. The van der Waals surface area contributed by atoms with Crippen LogP contribution in [0.1, 0.15) is 11.1 Å². The quantitative estimate of drug-likeness (QED) is 0.834. The van der Waals surface area contributed by atoms with Crippen molar-refractivity contribution in [1.82, 2.24) is 0 Å². The second kappa shape index (κ2) is 5.19. The maximum atomic E-state index is 5.97. The lowest BCUT2D eigenvalue weighted by atomic mass is 10.2. The molecule has 0 aliphatic rings. The van der Waals surface area contributed by atoms with Gasteiger partial charge in [0.2, 0.25) is 0 Å². The summed E-state index contributed by atoms with van der Waals surface area (Å²) < 4.78 is 5.72. The van der Waals surface area contributed by atoms with Gasteiger partial charge < -0.3 is 16.2 Å². The Balaban J connectivity index is 2.16. The molecule has 94 valence electrons. The van der Waals surface area contributed by atoms with Gasteiger partial charge in [0.15, 0.2) is 0 Å². The highest BCUT2D eigenvalue weighted by Gasteiger charge is 2.06. The third-order valence-corrected chi connectivity index (χ3v) is 3.06. The van der Waals surface area contributed by atoms with Crippen LogP contribution in [-0.4, -0.2) is 0 Å². The minimum atomic E-state index is 0.410. The van der Waals surface area contributed by atoms with E-state index in [0.717, 1.165) is 22.6 Å². The van der Waals surface area contributed by atoms with Crippen LogP contribution in [0.3, 0.4) is 0 Å². The van der Waals surface area contributed by atoms with Crippen molar-refractivity contribution in [2.75, 3.05) is 11.5 Å². The number of rotatable bonds is 3. The van der Waals surface area contributed by atoms with Gasteiger partial charge in [-0.3, -0.25) is 0 Å². The normalized spacial score (nSPS) is 10.3. The van der Waals surface area contributed by atoms with Crippen molar-refractivity contribution >= 4 is 23.0 Å². The highest BCUT2D eigenvalue weighted by Crippen LogP contribution is 2.29. The summed E-state index contributed by atoms with van der Waals surface area (Å²) in [6.45, 7) is 2.34. The Morgan fingerprint density at radius 1 is 1.11 bits per heavy atom. The summed E-state index contributed by atoms with van der Waals surface area (Å²) >= 11 is 5.97. The molecule has 0 radical (unpaired) electrons. The second-order valence-corrected chi connectivity index (χ2v) is 4.53. The van der Waals surface area contributed by atoms with Crippen LogP contribution in [0.2, 0.25) is 5.02 Å². The van der Waals surface area contributed by atoms with E-state index in [-0.39, 0.29) is 0 Å². The first-order valence-corrected chi connectivity index (χ1v) is 5.97. The van der Waals surface area contributed by atoms with Crippen LogP contribution < -0.4 is 16.2 Å². The Bertz CT molecular complexity index is 570. The van der Waals surface area contributed by atoms with E-state index in [1.165, 1.54) is 0 Å². The minimum Gasteiger partial charge on any atom is -0.488 e. The Morgan fingerprint density at radius 2 is 1.83 bits per heavy atom. The fourth-order valence-corrected chi connectivity index (χ4v) is 1.82. The lowest BCUT2D eigenvalue weighted by Gasteiger charge is -2.12. The number of nitrogen functional groups attached to an aromatic ring is 2. The van der Waals surface area contributed by atoms with Crippen molar-refractivity contribution in [2.45, 2.75) is 13.5 Å². The number of nitrogens with two attached hydrogens (primary N) is 2. The molecule has 0 spiro atoms. The maximum absolute atomic E-state index is 5.97. The number of para-hydroxylation sites is 1. The molecule has 4 N–H and O–H groups in total. The fourth-order valence-electron chi connectivity index (χ4n) is 1.66.